The Morgan fingerprint density at radius 3 is 2.80 bits per heavy atom. The zero-order valence-corrected chi connectivity index (χ0v) is 9.29. The molecule has 0 saturated carbocycles. The standard InChI is InChI=1S/C2H5I3/c1-2-4-5-3-1/h1-5H/i1D. The molecular weight excluding hydrogens is 405 g/mol. The van der Waals surface area contributed by atoms with E-state index < -0.39 is 0 Å². The van der Waals surface area contributed by atoms with Crippen LogP contribution in [0, 0.1) is 0 Å². The maximum absolute atomic E-state index is 7.12. The van der Waals surface area contributed by atoms with Crippen LogP contribution in [-0.4, -0.2) is 0 Å². The fourth-order valence-corrected chi connectivity index (χ4v) is 29.6. The van der Waals surface area contributed by atoms with E-state index in [1.807, 2.05) is 0 Å². The summed E-state index contributed by atoms with van der Waals surface area (Å²) >= 11 is 1.18. The molecule has 0 aliphatic carbocycles. The second-order valence-corrected chi connectivity index (χ2v) is 30.2. The first-order valence-electron chi connectivity index (χ1n) is 1.56. The van der Waals surface area contributed by atoms with Crippen LogP contribution in [0.15, 0.2) is 8.14 Å². The van der Waals surface area contributed by atoms with Crippen molar-refractivity contribution in [3.05, 3.63) is 8.14 Å². The Labute approximate surface area is 56.0 Å². The Bertz CT molecular complexity index is 78.9. The average molecular weight is 411 g/mol. The van der Waals surface area contributed by atoms with Gasteiger partial charge in [-0.1, -0.05) is 0 Å². The van der Waals surface area contributed by atoms with Crippen molar-refractivity contribution < 1.29 is 1.37 Å². The Balaban J connectivity index is 2.45. The van der Waals surface area contributed by atoms with Crippen LogP contribution in [0.4, 0.5) is 0 Å². The number of hydrogen-bond donors (Lipinski definition) is 0. The molecule has 1 aliphatic heterocycles. The number of halogens is 3. The summed E-state index contributed by atoms with van der Waals surface area (Å²) in [6, 6.07) is 0. The fourth-order valence-electron chi connectivity index (χ4n) is 0.0982. The van der Waals surface area contributed by atoms with Crippen molar-refractivity contribution in [1.82, 2.24) is 0 Å². The molecule has 1 rings (SSSR count). The summed E-state index contributed by atoms with van der Waals surface area (Å²) in [6.45, 7) is 0. The van der Waals surface area contributed by atoms with Crippen molar-refractivity contribution in [3.63, 3.8) is 0 Å². The van der Waals surface area contributed by atoms with Gasteiger partial charge in [0.1, 0.15) is 0 Å². The molecule has 0 radical (unpaired) electrons. The monoisotopic (exact) mass is 411 g/mol. The van der Waals surface area contributed by atoms with Gasteiger partial charge in [-0.3, -0.25) is 0 Å². The van der Waals surface area contributed by atoms with Crippen molar-refractivity contribution in [2.75, 3.05) is 0 Å². The molecule has 0 N–H and O–H groups in total. The fraction of sp³-hybridized carbons (Fsp3) is 0. The van der Waals surface area contributed by atoms with Crippen LogP contribution in [-0.2, 0) is 0 Å². The van der Waals surface area contributed by atoms with E-state index >= 15 is 0 Å². The Kier molecular flexibility index (Phi) is 2.33. The van der Waals surface area contributed by atoms with Gasteiger partial charge in [0.25, 0.3) is 0 Å². The minimum atomic E-state index is 0.248. The van der Waals surface area contributed by atoms with Crippen molar-refractivity contribution in [2.24, 2.45) is 0 Å². The summed E-state index contributed by atoms with van der Waals surface area (Å²) in [5, 5.41) is 0. The van der Waals surface area contributed by atoms with Gasteiger partial charge in [0.2, 0.25) is 0 Å². The van der Waals surface area contributed by atoms with Crippen molar-refractivity contribution in [1.29, 1.82) is 0 Å². The predicted molar refractivity (Wildman–Crippen MR) is 55.4 cm³/mol. The predicted octanol–water partition coefficient (Wildman–Crippen LogP) is 2.41. The molecule has 0 bridgehead atoms. The summed E-state index contributed by atoms with van der Waals surface area (Å²) < 4.78 is 10.4. The van der Waals surface area contributed by atoms with E-state index in [2.05, 4.69) is 4.08 Å². The van der Waals surface area contributed by atoms with Gasteiger partial charge in [-0.25, -0.2) is 0 Å². The molecule has 0 fully saturated rings. The Morgan fingerprint density at radius 2 is 2.60 bits per heavy atom. The summed E-state index contributed by atoms with van der Waals surface area (Å²) in [7, 11) is 0. The molecule has 1 heterocycles. The van der Waals surface area contributed by atoms with Crippen molar-refractivity contribution >= 4 is 47.7 Å². The molecule has 0 saturated heterocycles. The maximum atomic E-state index is 7.12. The normalized spacial score (nSPS) is 30.4. The molecule has 5 heavy (non-hydrogen) atoms. The van der Waals surface area contributed by atoms with Crippen molar-refractivity contribution in [2.45, 2.75) is 0 Å². The first-order chi connectivity index (χ1) is 2.89. The summed E-state index contributed by atoms with van der Waals surface area (Å²) in [6.07, 6.45) is 0. The van der Waals surface area contributed by atoms with Crippen LogP contribution >= 0.6 is 47.7 Å². The van der Waals surface area contributed by atoms with E-state index in [4.69, 9.17) is 1.37 Å². The molecule has 0 atom stereocenters. The topological polar surface area (TPSA) is 0 Å². The zero-order valence-electron chi connectivity index (χ0n) is 3.30. The third-order valence-electron chi connectivity index (χ3n) is 0.218. The van der Waals surface area contributed by atoms with Gasteiger partial charge in [-0.15, -0.1) is 0 Å². The average Bonchev–Trinajstić information content (AvgIpc) is 1.86. The van der Waals surface area contributed by atoms with Gasteiger partial charge in [0.05, 0.1) is 0 Å². The van der Waals surface area contributed by atoms with Crippen molar-refractivity contribution in [3.8, 4) is 0 Å². The molecule has 0 aromatic carbocycles. The summed E-state index contributed by atoms with van der Waals surface area (Å²) in [4.78, 5) is 0. The van der Waals surface area contributed by atoms with Crippen LogP contribution in [0.5, 0.6) is 0 Å². The summed E-state index contributed by atoms with van der Waals surface area (Å²) in [5.41, 5.74) is 0. The minimum absolute atomic E-state index is 0.248. The molecule has 0 aromatic heterocycles. The van der Waals surface area contributed by atoms with E-state index in [9.17, 15) is 0 Å². The molecule has 1 aliphatic rings. The van der Waals surface area contributed by atoms with Crippen LogP contribution in [0.1, 0.15) is 1.37 Å². The Hall–Kier alpha value is 1.93. The SMILES string of the molecule is [2H]C1=C[IH][IH][IH]1. The Morgan fingerprint density at radius 1 is 1.60 bits per heavy atom. The number of hydrogen-bond acceptors (Lipinski definition) is 0. The van der Waals surface area contributed by atoms with Crippen LogP contribution in [0.2, 0.25) is 0 Å². The molecule has 0 spiro atoms. The van der Waals surface area contributed by atoms with Crippen LogP contribution in [0.25, 0.3) is 0 Å². The first kappa shape index (κ1) is 3.88. The van der Waals surface area contributed by atoms with E-state index in [-0.39, 0.29) is 17.2 Å². The third kappa shape index (κ3) is 1.91. The molecular formula is C2H5I3. The van der Waals surface area contributed by atoms with Gasteiger partial charge >= 0.3 is 57.2 Å². The first-order valence-corrected chi connectivity index (χ1v) is 18.2. The van der Waals surface area contributed by atoms with Crippen LogP contribution < -0.4 is 0 Å². The second-order valence-electron chi connectivity index (χ2n) is 0.483. The molecule has 34 valence electrons. The quantitative estimate of drug-likeness (QED) is 0.538. The van der Waals surface area contributed by atoms with Gasteiger partial charge in [0.15, 0.2) is 0 Å². The van der Waals surface area contributed by atoms with E-state index in [0.717, 1.165) is 4.06 Å². The van der Waals surface area contributed by atoms with Gasteiger partial charge < -0.3 is 0 Å². The van der Waals surface area contributed by atoms with Gasteiger partial charge in [0, 0.05) is 0 Å². The molecule has 0 nitrogen and oxygen atoms in total. The number of rotatable bonds is 0. The van der Waals surface area contributed by atoms with Gasteiger partial charge in [-0.05, 0) is 0 Å². The second kappa shape index (κ2) is 3.00. The summed E-state index contributed by atoms with van der Waals surface area (Å²) in [5.74, 6) is 0. The molecule has 3 heteroatoms. The molecule has 0 amide bonds. The van der Waals surface area contributed by atoms with E-state index in [1.54, 1.807) is 0 Å². The van der Waals surface area contributed by atoms with Crippen LogP contribution in [0.3, 0.4) is 0 Å². The van der Waals surface area contributed by atoms with Gasteiger partial charge in [-0.2, -0.15) is 0 Å². The molecule has 0 aromatic rings. The molecule has 0 unspecified atom stereocenters. The zero-order chi connectivity index (χ0) is 4.41. The third-order valence-corrected chi connectivity index (χ3v) is 28.6. The van der Waals surface area contributed by atoms with E-state index in [0.29, 0.717) is 30.5 Å². The van der Waals surface area contributed by atoms with E-state index in [1.165, 1.54) is 0 Å².